The van der Waals surface area contributed by atoms with Crippen molar-refractivity contribution in [1.29, 1.82) is 0 Å². The fraction of sp³-hybridized carbons (Fsp3) is 0.0769. The molecule has 0 atom stereocenters. The monoisotopic (exact) mass is 282 g/mol. The van der Waals surface area contributed by atoms with Crippen LogP contribution in [0.25, 0.3) is 0 Å². The maximum Gasteiger partial charge on any atom is 0.488 e. The molecule has 0 spiro atoms. The van der Waals surface area contributed by atoms with Crippen LogP contribution in [0.1, 0.15) is 5.56 Å². The first-order valence-corrected chi connectivity index (χ1v) is 5.69. The zero-order valence-corrected chi connectivity index (χ0v) is 10.2. The van der Waals surface area contributed by atoms with E-state index in [0.717, 1.165) is 24.3 Å². The third-order valence-corrected chi connectivity index (χ3v) is 2.58. The summed E-state index contributed by atoms with van der Waals surface area (Å²) in [5.41, 5.74) is 0.147. The molecule has 0 unspecified atom stereocenters. The molecule has 2 rings (SSSR count). The Bertz CT molecular complexity index is 600. The van der Waals surface area contributed by atoms with Gasteiger partial charge in [-0.2, -0.15) is 0 Å². The Kier molecular flexibility index (Phi) is 4.31. The number of hydrogen-bond acceptors (Lipinski definition) is 3. The minimum atomic E-state index is -1.84. The molecule has 0 aromatic heterocycles. The summed E-state index contributed by atoms with van der Waals surface area (Å²) in [7, 11) is -1.84. The molecular formula is C13H10BF3O3. The van der Waals surface area contributed by atoms with E-state index in [2.05, 4.69) is 0 Å². The minimum Gasteiger partial charge on any atom is -0.483 e. The van der Waals surface area contributed by atoms with E-state index in [1.54, 1.807) is 0 Å². The summed E-state index contributed by atoms with van der Waals surface area (Å²) in [6.07, 6.45) is 0. The molecule has 0 saturated carbocycles. The van der Waals surface area contributed by atoms with Gasteiger partial charge < -0.3 is 14.8 Å². The van der Waals surface area contributed by atoms with Crippen LogP contribution in [-0.4, -0.2) is 17.2 Å². The highest BCUT2D eigenvalue weighted by molar-refractivity contribution is 6.58. The van der Waals surface area contributed by atoms with Crippen molar-refractivity contribution >= 4 is 12.6 Å². The Morgan fingerprint density at radius 2 is 1.65 bits per heavy atom. The molecule has 0 amide bonds. The van der Waals surface area contributed by atoms with Gasteiger partial charge in [-0.3, -0.25) is 0 Å². The minimum absolute atomic E-state index is 0.0717. The van der Waals surface area contributed by atoms with Gasteiger partial charge >= 0.3 is 7.12 Å². The molecule has 0 radical (unpaired) electrons. The third kappa shape index (κ3) is 3.31. The van der Waals surface area contributed by atoms with Crippen LogP contribution in [0.2, 0.25) is 0 Å². The van der Waals surface area contributed by atoms with Crippen LogP contribution in [0.3, 0.4) is 0 Å². The lowest BCUT2D eigenvalue weighted by Gasteiger charge is -2.09. The van der Waals surface area contributed by atoms with Crippen molar-refractivity contribution in [1.82, 2.24) is 0 Å². The Labute approximate surface area is 113 Å². The van der Waals surface area contributed by atoms with Crippen LogP contribution >= 0.6 is 0 Å². The predicted molar refractivity (Wildman–Crippen MR) is 66.9 cm³/mol. The maximum absolute atomic E-state index is 13.3. The van der Waals surface area contributed by atoms with Gasteiger partial charge in [-0.05, 0) is 35.3 Å². The summed E-state index contributed by atoms with van der Waals surface area (Å²) in [5.74, 6) is -3.02. The van der Waals surface area contributed by atoms with E-state index in [4.69, 9.17) is 14.8 Å². The van der Waals surface area contributed by atoms with Gasteiger partial charge in [0, 0.05) is 0 Å². The van der Waals surface area contributed by atoms with Crippen molar-refractivity contribution in [2.45, 2.75) is 6.61 Å². The number of halogens is 3. The fourth-order valence-corrected chi connectivity index (χ4v) is 1.68. The Hall–Kier alpha value is -1.99. The molecule has 0 aliphatic heterocycles. The lowest BCUT2D eigenvalue weighted by atomic mass is 9.79. The second-order valence-corrected chi connectivity index (χ2v) is 4.11. The van der Waals surface area contributed by atoms with Gasteiger partial charge in [0.25, 0.3) is 0 Å². The van der Waals surface area contributed by atoms with Crippen LogP contribution in [0, 0.1) is 17.5 Å². The number of rotatable bonds is 4. The zero-order chi connectivity index (χ0) is 14.7. The lowest BCUT2D eigenvalue weighted by Crippen LogP contribution is -2.30. The smallest absolute Gasteiger partial charge is 0.483 e. The Morgan fingerprint density at radius 1 is 1.00 bits per heavy atom. The van der Waals surface area contributed by atoms with Crippen molar-refractivity contribution in [2.24, 2.45) is 0 Å². The number of hydrogen-bond donors (Lipinski definition) is 2. The SMILES string of the molecule is OB(O)c1cc(F)cc(COc2c(F)cccc2F)c1. The van der Waals surface area contributed by atoms with Gasteiger partial charge in [0.05, 0.1) is 0 Å². The number of para-hydroxylation sites is 1. The molecule has 7 heteroatoms. The highest BCUT2D eigenvalue weighted by atomic mass is 19.1. The van der Waals surface area contributed by atoms with E-state index >= 15 is 0 Å². The zero-order valence-electron chi connectivity index (χ0n) is 10.2. The molecule has 20 heavy (non-hydrogen) atoms. The average Bonchev–Trinajstić information content (AvgIpc) is 2.37. The lowest BCUT2D eigenvalue weighted by molar-refractivity contribution is 0.273. The maximum atomic E-state index is 13.3. The highest BCUT2D eigenvalue weighted by Crippen LogP contribution is 2.22. The van der Waals surface area contributed by atoms with Crippen LogP contribution < -0.4 is 10.2 Å². The van der Waals surface area contributed by atoms with Crippen molar-refractivity contribution in [2.75, 3.05) is 0 Å². The number of ether oxygens (including phenoxy) is 1. The Morgan fingerprint density at radius 3 is 2.25 bits per heavy atom. The topological polar surface area (TPSA) is 49.7 Å². The Balaban J connectivity index is 2.19. The van der Waals surface area contributed by atoms with Crippen LogP contribution in [0.15, 0.2) is 36.4 Å². The summed E-state index contributed by atoms with van der Waals surface area (Å²) in [5, 5.41) is 17.9. The molecule has 0 saturated heterocycles. The normalized spacial score (nSPS) is 10.4. The fourth-order valence-electron chi connectivity index (χ4n) is 1.68. The van der Waals surface area contributed by atoms with E-state index in [9.17, 15) is 13.2 Å². The molecule has 0 bridgehead atoms. The van der Waals surface area contributed by atoms with Crippen LogP contribution in [0.4, 0.5) is 13.2 Å². The van der Waals surface area contributed by atoms with Crippen LogP contribution in [-0.2, 0) is 6.61 Å². The van der Waals surface area contributed by atoms with Crippen molar-refractivity contribution in [3.05, 3.63) is 59.4 Å². The van der Waals surface area contributed by atoms with E-state index in [0.29, 0.717) is 0 Å². The summed E-state index contributed by atoms with van der Waals surface area (Å²) in [6, 6.07) is 6.55. The van der Waals surface area contributed by atoms with Gasteiger partial charge in [-0.15, -0.1) is 0 Å². The van der Waals surface area contributed by atoms with Gasteiger partial charge in [-0.1, -0.05) is 12.1 Å². The predicted octanol–water partition coefficient (Wildman–Crippen LogP) is 1.36. The van der Waals surface area contributed by atoms with E-state index < -0.39 is 30.3 Å². The van der Waals surface area contributed by atoms with Gasteiger partial charge in [0.2, 0.25) is 0 Å². The van der Waals surface area contributed by atoms with Crippen molar-refractivity contribution < 1.29 is 28.0 Å². The average molecular weight is 282 g/mol. The molecule has 2 aromatic carbocycles. The van der Waals surface area contributed by atoms with Gasteiger partial charge in [0.1, 0.15) is 12.4 Å². The highest BCUT2D eigenvalue weighted by Gasteiger charge is 2.14. The second-order valence-electron chi connectivity index (χ2n) is 4.11. The van der Waals surface area contributed by atoms with Crippen LogP contribution in [0.5, 0.6) is 5.75 Å². The first-order chi connectivity index (χ1) is 9.47. The van der Waals surface area contributed by atoms with Gasteiger partial charge in [-0.25, -0.2) is 13.2 Å². The molecule has 2 aromatic rings. The first kappa shape index (κ1) is 14.4. The molecule has 2 N–H and O–H groups in total. The first-order valence-electron chi connectivity index (χ1n) is 5.69. The molecular weight excluding hydrogens is 272 g/mol. The molecule has 0 aliphatic rings. The summed E-state index contributed by atoms with van der Waals surface area (Å²) in [6.45, 7) is -0.310. The molecule has 0 aliphatic carbocycles. The quantitative estimate of drug-likeness (QED) is 0.832. The van der Waals surface area contributed by atoms with E-state index in [1.807, 2.05) is 0 Å². The largest absolute Gasteiger partial charge is 0.488 e. The molecule has 104 valence electrons. The van der Waals surface area contributed by atoms with Crippen molar-refractivity contribution in [3.8, 4) is 5.75 Å². The third-order valence-electron chi connectivity index (χ3n) is 2.58. The summed E-state index contributed by atoms with van der Waals surface area (Å²) >= 11 is 0. The second kappa shape index (κ2) is 5.98. The van der Waals surface area contributed by atoms with Gasteiger partial charge in [0.15, 0.2) is 17.4 Å². The van der Waals surface area contributed by atoms with E-state index in [1.165, 1.54) is 12.1 Å². The standard InChI is InChI=1S/C13H10BF3O3/c15-10-5-8(4-9(6-10)14(18)19)7-20-13-11(16)2-1-3-12(13)17/h1-6,18-19H,7H2. The molecule has 0 heterocycles. The number of benzene rings is 2. The van der Waals surface area contributed by atoms with E-state index in [-0.39, 0.29) is 17.6 Å². The summed E-state index contributed by atoms with van der Waals surface area (Å²) in [4.78, 5) is 0. The molecule has 0 fully saturated rings. The summed E-state index contributed by atoms with van der Waals surface area (Å²) < 4.78 is 44.9. The van der Waals surface area contributed by atoms with Crippen molar-refractivity contribution in [3.63, 3.8) is 0 Å². The molecule has 3 nitrogen and oxygen atoms in total.